The fraction of sp³-hybridized carbons (Fsp3) is 0.538. The van der Waals surface area contributed by atoms with Crippen LogP contribution < -0.4 is 5.73 Å². The van der Waals surface area contributed by atoms with Crippen LogP contribution in [-0.4, -0.2) is 6.04 Å². The van der Waals surface area contributed by atoms with Gasteiger partial charge in [-0.1, -0.05) is 35.7 Å². The topological polar surface area (TPSA) is 26.0 Å². The molecule has 0 aromatic heterocycles. The molecule has 1 nitrogen and oxygen atoms in total. The van der Waals surface area contributed by atoms with Gasteiger partial charge in [-0.05, 0) is 49.3 Å². The van der Waals surface area contributed by atoms with Gasteiger partial charge in [-0.25, -0.2) is 0 Å². The highest BCUT2D eigenvalue weighted by atomic mass is 35.5. The van der Waals surface area contributed by atoms with Gasteiger partial charge in [0.05, 0.1) is 0 Å². The summed E-state index contributed by atoms with van der Waals surface area (Å²) in [7, 11) is 0. The average molecular weight is 258 g/mol. The maximum absolute atomic E-state index is 6.28. The van der Waals surface area contributed by atoms with Gasteiger partial charge >= 0.3 is 0 Å². The second-order valence-electron chi connectivity index (χ2n) is 4.94. The van der Waals surface area contributed by atoms with Crippen LogP contribution in [-0.2, 0) is 5.41 Å². The van der Waals surface area contributed by atoms with E-state index in [4.69, 9.17) is 28.9 Å². The van der Waals surface area contributed by atoms with E-state index in [0.717, 1.165) is 11.4 Å². The van der Waals surface area contributed by atoms with Crippen LogP contribution in [0.2, 0.25) is 10.0 Å². The second kappa shape index (κ2) is 4.56. The number of hydrogen-bond acceptors (Lipinski definition) is 1. The van der Waals surface area contributed by atoms with Crippen LogP contribution in [0.3, 0.4) is 0 Å². The van der Waals surface area contributed by atoms with Crippen molar-refractivity contribution in [2.45, 2.75) is 44.1 Å². The summed E-state index contributed by atoms with van der Waals surface area (Å²) in [5.41, 5.74) is 7.36. The molecule has 0 saturated heterocycles. The van der Waals surface area contributed by atoms with E-state index >= 15 is 0 Å². The summed E-state index contributed by atoms with van der Waals surface area (Å²) in [6.07, 6.45) is 4.66. The largest absolute Gasteiger partial charge is 0.328 e. The second-order valence-corrected chi connectivity index (χ2v) is 5.78. The Kier molecular flexibility index (Phi) is 3.48. The van der Waals surface area contributed by atoms with Crippen molar-refractivity contribution in [3.8, 4) is 0 Å². The lowest BCUT2D eigenvalue weighted by molar-refractivity contribution is 0.214. The molecule has 2 rings (SSSR count). The summed E-state index contributed by atoms with van der Waals surface area (Å²) in [4.78, 5) is 0. The molecule has 1 saturated carbocycles. The molecule has 0 radical (unpaired) electrons. The van der Waals surface area contributed by atoms with Crippen LogP contribution in [0.15, 0.2) is 18.2 Å². The Morgan fingerprint density at radius 2 is 2.06 bits per heavy atom. The lowest BCUT2D eigenvalue weighted by atomic mass is 9.61. The van der Waals surface area contributed by atoms with Crippen LogP contribution in [0.1, 0.15) is 38.2 Å². The zero-order valence-electron chi connectivity index (χ0n) is 9.47. The molecule has 0 heterocycles. The summed E-state index contributed by atoms with van der Waals surface area (Å²) in [6.45, 7) is 2.06. The summed E-state index contributed by atoms with van der Waals surface area (Å²) >= 11 is 12.2. The van der Waals surface area contributed by atoms with Crippen LogP contribution in [0, 0.1) is 0 Å². The lowest BCUT2D eigenvalue weighted by Gasteiger charge is -2.44. The van der Waals surface area contributed by atoms with Crippen LogP contribution in [0.25, 0.3) is 0 Å². The third-order valence-corrected chi connectivity index (χ3v) is 4.07. The number of rotatable bonds is 3. The number of halogens is 2. The molecule has 0 bridgehead atoms. The van der Waals surface area contributed by atoms with E-state index in [1.165, 1.54) is 24.8 Å². The predicted molar refractivity (Wildman–Crippen MR) is 70.3 cm³/mol. The molecular formula is C13H17Cl2N. The van der Waals surface area contributed by atoms with Crippen molar-refractivity contribution in [3.05, 3.63) is 33.8 Å². The Bertz CT molecular complexity index is 384. The molecule has 3 heteroatoms. The fourth-order valence-corrected chi connectivity index (χ4v) is 3.33. The fourth-order valence-electron chi connectivity index (χ4n) is 2.72. The van der Waals surface area contributed by atoms with Gasteiger partial charge in [0.2, 0.25) is 0 Å². The van der Waals surface area contributed by atoms with Crippen molar-refractivity contribution >= 4 is 23.2 Å². The Morgan fingerprint density at radius 3 is 2.50 bits per heavy atom. The lowest BCUT2D eigenvalue weighted by Crippen LogP contribution is -2.39. The minimum Gasteiger partial charge on any atom is -0.328 e. The molecule has 1 aromatic carbocycles. The SMILES string of the molecule is CC(N)CC1(c2ccc(Cl)cc2Cl)CCC1. The van der Waals surface area contributed by atoms with Gasteiger partial charge < -0.3 is 5.73 Å². The van der Waals surface area contributed by atoms with E-state index in [-0.39, 0.29) is 11.5 Å². The van der Waals surface area contributed by atoms with Crippen molar-refractivity contribution in [1.82, 2.24) is 0 Å². The van der Waals surface area contributed by atoms with Gasteiger partial charge in [0.1, 0.15) is 0 Å². The van der Waals surface area contributed by atoms with Crippen LogP contribution >= 0.6 is 23.2 Å². The molecule has 1 aliphatic rings. The average Bonchev–Trinajstić information content (AvgIpc) is 2.12. The molecule has 1 fully saturated rings. The monoisotopic (exact) mass is 257 g/mol. The number of nitrogens with two attached hydrogens (primary N) is 1. The van der Waals surface area contributed by atoms with E-state index in [1.54, 1.807) is 0 Å². The van der Waals surface area contributed by atoms with Crippen molar-refractivity contribution < 1.29 is 0 Å². The van der Waals surface area contributed by atoms with Gasteiger partial charge in [0.25, 0.3) is 0 Å². The zero-order chi connectivity index (χ0) is 11.8. The maximum Gasteiger partial charge on any atom is 0.0458 e. The first-order valence-corrected chi connectivity index (χ1v) is 6.50. The predicted octanol–water partition coefficient (Wildman–Crippen LogP) is 4.15. The quantitative estimate of drug-likeness (QED) is 0.865. The minimum absolute atomic E-state index is 0.204. The molecule has 1 aromatic rings. The van der Waals surface area contributed by atoms with Crippen molar-refractivity contribution in [3.63, 3.8) is 0 Å². The molecule has 1 aliphatic carbocycles. The molecule has 0 amide bonds. The molecular weight excluding hydrogens is 241 g/mol. The maximum atomic E-state index is 6.28. The Hall–Kier alpha value is -0.240. The van der Waals surface area contributed by atoms with E-state index in [1.807, 2.05) is 12.1 Å². The zero-order valence-corrected chi connectivity index (χ0v) is 11.0. The van der Waals surface area contributed by atoms with Gasteiger partial charge in [-0.2, -0.15) is 0 Å². The highest BCUT2D eigenvalue weighted by Crippen LogP contribution is 2.49. The molecule has 0 spiro atoms. The summed E-state index contributed by atoms with van der Waals surface area (Å²) < 4.78 is 0. The Labute approximate surface area is 107 Å². The third kappa shape index (κ3) is 2.22. The highest BCUT2D eigenvalue weighted by Gasteiger charge is 2.40. The van der Waals surface area contributed by atoms with Crippen molar-refractivity contribution in [2.24, 2.45) is 5.73 Å². The molecule has 1 atom stereocenters. The first kappa shape index (κ1) is 12.2. The van der Waals surface area contributed by atoms with Gasteiger partial charge in [-0.3, -0.25) is 0 Å². The molecule has 1 unspecified atom stereocenters. The Balaban J connectivity index is 2.33. The summed E-state index contributed by atoms with van der Waals surface area (Å²) in [6, 6.07) is 6.03. The number of benzene rings is 1. The normalized spacial score (nSPS) is 20.2. The third-order valence-electron chi connectivity index (χ3n) is 3.53. The van der Waals surface area contributed by atoms with Crippen LogP contribution in [0.5, 0.6) is 0 Å². The minimum atomic E-state index is 0.204. The summed E-state index contributed by atoms with van der Waals surface area (Å²) in [5, 5.41) is 1.48. The molecule has 2 N–H and O–H groups in total. The first-order chi connectivity index (χ1) is 7.53. The molecule has 88 valence electrons. The van der Waals surface area contributed by atoms with Crippen molar-refractivity contribution in [1.29, 1.82) is 0 Å². The van der Waals surface area contributed by atoms with Crippen LogP contribution in [0.4, 0.5) is 0 Å². The molecule has 16 heavy (non-hydrogen) atoms. The Morgan fingerprint density at radius 1 is 1.38 bits per heavy atom. The van der Waals surface area contributed by atoms with E-state index in [2.05, 4.69) is 13.0 Å². The first-order valence-electron chi connectivity index (χ1n) is 5.75. The molecule has 0 aliphatic heterocycles. The van der Waals surface area contributed by atoms with Gasteiger partial charge in [0, 0.05) is 16.1 Å². The number of hydrogen-bond donors (Lipinski definition) is 1. The smallest absolute Gasteiger partial charge is 0.0458 e. The van der Waals surface area contributed by atoms with Gasteiger partial charge in [0.15, 0.2) is 0 Å². The van der Waals surface area contributed by atoms with E-state index < -0.39 is 0 Å². The standard InChI is InChI=1S/C13H17Cl2N/c1-9(16)8-13(5-2-6-13)11-4-3-10(14)7-12(11)15/h3-4,7,9H,2,5-6,8,16H2,1H3. The summed E-state index contributed by atoms with van der Waals surface area (Å²) in [5.74, 6) is 0. The van der Waals surface area contributed by atoms with Gasteiger partial charge in [-0.15, -0.1) is 0 Å². The van der Waals surface area contributed by atoms with Crippen molar-refractivity contribution in [2.75, 3.05) is 0 Å². The van der Waals surface area contributed by atoms with E-state index in [0.29, 0.717) is 5.02 Å². The highest BCUT2D eigenvalue weighted by molar-refractivity contribution is 6.35. The van der Waals surface area contributed by atoms with E-state index in [9.17, 15) is 0 Å².